The molecule has 0 amide bonds. The van der Waals surface area contributed by atoms with E-state index in [1.165, 1.54) is 11.1 Å². The molecule has 0 radical (unpaired) electrons. The SMILES string of the molecule is COc1ccc2c3c1O[C@H]1[C@@H](O)C=C[C@H]4[C@@H](C2)N(C)CC[C@@]341.O=[P+](O)C(O)c1ccccc1. The van der Waals surface area contributed by atoms with Gasteiger partial charge >= 0.3 is 13.9 Å². The highest BCUT2D eigenvalue weighted by molar-refractivity contribution is 7.38. The minimum Gasteiger partial charge on any atom is -0.493 e. The first-order chi connectivity index (χ1) is 15.9. The van der Waals surface area contributed by atoms with Gasteiger partial charge in [-0.2, -0.15) is 4.89 Å². The van der Waals surface area contributed by atoms with Crippen LogP contribution in [0.5, 0.6) is 11.5 Å². The molecule has 7 nitrogen and oxygen atoms in total. The summed E-state index contributed by atoms with van der Waals surface area (Å²) in [5.41, 5.74) is 3.07. The first kappa shape index (κ1) is 22.5. The predicted octanol–water partition coefficient (Wildman–Crippen LogP) is 2.91. The molecule has 7 atom stereocenters. The first-order valence-electron chi connectivity index (χ1n) is 11.2. The number of likely N-dealkylation sites (N-methyl/N-ethyl adjacent to an activating group) is 1. The van der Waals surface area contributed by atoms with Crippen molar-refractivity contribution < 1.29 is 29.1 Å². The lowest BCUT2D eigenvalue weighted by atomic mass is 9.53. The van der Waals surface area contributed by atoms with Gasteiger partial charge in [-0.1, -0.05) is 48.6 Å². The summed E-state index contributed by atoms with van der Waals surface area (Å²) in [4.78, 5) is 11.0. The predicted molar refractivity (Wildman–Crippen MR) is 124 cm³/mol. The number of hydrogen-bond donors (Lipinski definition) is 3. The van der Waals surface area contributed by atoms with Gasteiger partial charge in [-0.3, -0.25) is 0 Å². The van der Waals surface area contributed by atoms with Crippen molar-refractivity contribution in [3.8, 4) is 11.5 Å². The molecule has 0 saturated carbocycles. The lowest BCUT2D eigenvalue weighted by Crippen LogP contribution is -2.64. The Morgan fingerprint density at radius 3 is 2.67 bits per heavy atom. The number of likely N-dealkylation sites (tertiary alicyclic amines) is 1. The van der Waals surface area contributed by atoms with E-state index in [9.17, 15) is 9.67 Å². The molecule has 2 aromatic rings. The number of rotatable bonds is 3. The van der Waals surface area contributed by atoms with Crippen LogP contribution in [0.15, 0.2) is 54.6 Å². The zero-order chi connectivity index (χ0) is 23.3. The summed E-state index contributed by atoms with van der Waals surface area (Å²) in [6, 6.07) is 13.1. The van der Waals surface area contributed by atoms with Crippen LogP contribution in [-0.4, -0.2) is 59.0 Å². The van der Waals surface area contributed by atoms with Crippen LogP contribution in [-0.2, 0) is 16.4 Å². The van der Waals surface area contributed by atoms with Gasteiger partial charge in [0.05, 0.1) is 7.11 Å². The van der Waals surface area contributed by atoms with Crippen LogP contribution in [0.25, 0.3) is 0 Å². The molecule has 2 aliphatic carbocycles. The number of methoxy groups -OCH3 is 1. The van der Waals surface area contributed by atoms with Crippen LogP contribution in [0.4, 0.5) is 0 Å². The van der Waals surface area contributed by atoms with E-state index in [0.717, 1.165) is 30.9 Å². The largest absolute Gasteiger partial charge is 0.542 e. The molecule has 33 heavy (non-hydrogen) atoms. The van der Waals surface area contributed by atoms with Crippen LogP contribution >= 0.6 is 8.03 Å². The van der Waals surface area contributed by atoms with Crippen LogP contribution < -0.4 is 9.47 Å². The van der Waals surface area contributed by atoms with Gasteiger partial charge in [-0.15, -0.1) is 0 Å². The fourth-order valence-corrected chi connectivity index (χ4v) is 6.57. The Labute approximate surface area is 194 Å². The summed E-state index contributed by atoms with van der Waals surface area (Å²) in [5.74, 6) is 0.832. The molecule has 2 aliphatic heterocycles. The number of nitrogens with zero attached hydrogens (tertiary/aromatic N) is 1. The topological polar surface area (TPSA) is 99.5 Å². The lowest BCUT2D eigenvalue weighted by Gasteiger charge is -2.56. The highest BCUT2D eigenvalue weighted by Gasteiger charge is 2.64. The summed E-state index contributed by atoms with van der Waals surface area (Å²) >= 11 is 0. The average Bonchev–Trinajstić information content (AvgIpc) is 3.18. The molecule has 2 bridgehead atoms. The van der Waals surface area contributed by atoms with Crippen molar-refractivity contribution in [3.05, 3.63) is 71.3 Å². The van der Waals surface area contributed by atoms with Crippen molar-refractivity contribution in [2.24, 2.45) is 5.92 Å². The number of hydrogen-bond acceptors (Lipinski definition) is 6. The van der Waals surface area contributed by atoms with Gasteiger partial charge in [0.2, 0.25) is 0 Å². The Balaban J connectivity index is 0.000000177. The van der Waals surface area contributed by atoms with Crippen LogP contribution in [0.2, 0.25) is 0 Å². The molecule has 1 saturated heterocycles. The molecule has 1 spiro atoms. The number of benzene rings is 2. The van der Waals surface area contributed by atoms with Crippen molar-refractivity contribution in [3.63, 3.8) is 0 Å². The van der Waals surface area contributed by atoms with Crippen molar-refractivity contribution in [2.75, 3.05) is 20.7 Å². The Kier molecular flexibility index (Phi) is 5.79. The van der Waals surface area contributed by atoms with Gasteiger partial charge in [-0.25, -0.2) is 0 Å². The van der Waals surface area contributed by atoms with Gasteiger partial charge < -0.3 is 24.6 Å². The Hall–Kier alpha value is -2.28. The van der Waals surface area contributed by atoms with Crippen molar-refractivity contribution >= 4 is 8.03 Å². The second-order valence-corrected chi connectivity index (χ2v) is 10.3. The maximum absolute atomic E-state index is 10.6. The maximum atomic E-state index is 10.6. The number of piperidine rings is 1. The lowest BCUT2D eigenvalue weighted by molar-refractivity contribution is -0.0453. The summed E-state index contributed by atoms with van der Waals surface area (Å²) in [6.07, 6.45) is 5.54. The second-order valence-electron chi connectivity index (χ2n) is 9.20. The number of aliphatic hydroxyl groups excluding tert-OH is 2. The van der Waals surface area contributed by atoms with Gasteiger partial charge in [0.1, 0.15) is 12.2 Å². The van der Waals surface area contributed by atoms with E-state index in [4.69, 9.17) is 19.5 Å². The molecule has 2 unspecified atom stereocenters. The zero-order valence-corrected chi connectivity index (χ0v) is 19.6. The number of aliphatic hydroxyl groups is 2. The van der Waals surface area contributed by atoms with Crippen molar-refractivity contribution in [1.82, 2.24) is 4.90 Å². The summed E-state index contributed by atoms with van der Waals surface area (Å²) in [5, 5.41) is 19.6. The van der Waals surface area contributed by atoms with E-state index < -0.39 is 20.0 Å². The quantitative estimate of drug-likeness (QED) is 0.469. The highest BCUT2D eigenvalue weighted by atomic mass is 31.1. The molecule has 2 aromatic carbocycles. The molecule has 1 fully saturated rings. The molecular weight excluding hydrogens is 441 g/mol. The molecular formula is C25H29NO6P+. The minimum atomic E-state index is -2.53. The fourth-order valence-electron chi connectivity index (χ4n) is 6.14. The summed E-state index contributed by atoms with van der Waals surface area (Å²) in [6.45, 7) is 1.05. The third-order valence-electron chi connectivity index (χ3n) is 7.66. The van der Waals surface area contributed by atoms with E-state index >= 15 is 0 Å². The summed E-state index contributed by atoms with van der Waals surface area (Å²) < 4.78 is 22.2. The zero-order valence-electron chi connectivity index (χ0n) is 18.7. The van der Waals surface area contributed by atoms with Crippen LogP contribution in [0, 0.1) is 5.92 Å². The maximum Gasteiger partial charge on any atom is 0.542 e. The minimum absolute atomic E-state index is 0.0806. The van der Waals surface area contributed by atoms with Crippen molar-refractivity contribution in [2.45, 2.75) is 42.4 Å². The Morgan fingerprint density at radius 1 is 1.21 bits per heavy atom. The molecule has 2 heterocycles. The summed E-state index contributed by atoms with van der Waals surface area (Å²) in [7, 11) is 1.37. The van der Waals surface area contributed by atoms with E-state index in [1.807, 2.05) is 12.1 Å². The normalized spacial score (nSPS) is 32.1. The smallest absolute Gasteiger partial charge is 0.493 e. The third kappa shape index (κ3) is 3.42. The molecule has 4 aliphatic rings. The average molecular weight is 470 g/mol. The van der Waals surface area contributed by atoms with E-state index in [1.54, 1.807) is 37.4 Å². The second kappa shape index (κ2) is 8.49. The van der Waals surface area contributed by atoms with Crippen LogP contribution in [0.1, 0.15) is 29.0 Å². The Morgan fingerprint density at radius 2 is 1.97 bits per heavy atom. The van der Waals surface area contributed by atoms with E-state index in [0.29, 0.717) is 17.5 Å². The molecule has 0 aromatic heterocycles. The molecule has 8 heteroatoms. The van der Waals surface area contributed by atoms with Gasteiger partial charge in [0, 0.05) is 28.5 Å². The van der Waals surface area contributed by atoms with Gasteiger partial charge in [0.25, 0.3) is 0 Å². The van der Waals surface area contributed by atoms with E-state index in [2.05, 4.69) is 24.1 Å². The molecule has 174 valence electrons. The molecule has 3 N–H and O–H groups in total. The highest BCUT2D eigenvalue weighted by Crippen LogP contribution is 2.62. The third-order valence-corrected chi connectivity index (χ3v) is 8.38. The van der Waals surface area contributed by atoms with E-state index in [-0.39, 0.29) is 11.5 Å². The van der Waals surface area contributed by atoms with Crippen LogP contribution in [0.3, 0.4) is 0 Å². The van der Waals surface area contributed by atoms with Crippen molar-refractivity contribution in [1.29, 1.82) is 0 Å². The molecule has 6 rings (SSSR count). The standard InChI is InChI=1S/C18H21NO3.C7H7O3P/c1-19-8-7-18-11-4-5-13(20)17(18)22-16-14(21-2)6-3-10(15(16)18)9-12(11)19;8-7(11(9)10)6-4-2-1-3-5-6/h3-6,11-13,17,20H,7-9H2,1-2H3;1-5,7-8H/p+1/t11-,12+,13-,17-,18-;/m0./s1. The Bertz CT molecular complexity index is 1090. The first-order valence-corrected chi connectivity index (χ1v) is 12.5. The monoisotopic (exact) mass is 470 g/mol. The van der Waals surface area contributed by atoms with Gasteiger partial charge in [0.15, 0.2) is 11.5 Å². The van der Waals surface area contributed by atoms with Gasteiger partial charge in [-0.05, 0) is 42.6 Å². The number of ether oxygens (including phenoxy) is 2. The fraction of sp³-hybridized carbons (Fsp3) is 0.440.